The van der Waals surface area contributed by atoms with Crippen LogP contribution in [0.15, 0.2) is 36.4 Å². The molecule has 1 atom stereocenters. The molecule has 0 aliphatic heterocycles. The predicted molar refractivity (Wildman–Crippen MR) is 62.4 cm³/mol. The Hall–Kier alpha value is -1.08. The summed E-state index contributed by atoms with van der Waals surface area (Å²) >= 11 is 0. The Bertz CT molecular complexity index is 315. The summed E-state index contributed by atoms with van der Waals surface area (Å²) in [4.78, 5) is 0. The number of aryl methyl sites for hydroxylation is 1. The highest BCUT2D eigenvalue weighted by Crippen LogP contribution is 2.20. The van der Waals surface area contributed by atoms with Crippen LogP contribution in [0.2, 0.25) is 0 Å². The van der Waals surface area contributed by atoms with Crippen LogP contribution in [-0.4, -0.2) is 6.54 Å². The first-order valence-corrected chi connectivity index (χ1v) is 5.10. The van der Waals surface area contributed by atoms with Crippen molar-refractivity contribution in [3.8, 4) is 0 Å². The van der Waals surface area contributed by atoms with Crippen LogP contribution in [0.1, 0.15) is 31.0 Å². The number of likely N-dealkylation sites (N-methyl/N-ethyl adjacent to an activating group) is 1. The highest BCUT2D eigenvalue weighted by molar-refractivity contribution is 5.29. The summed E-state index contributed by atoms with van der Waals surface area (Å²) in [5, 5.41) is 3.43. The van der Waals surface area contributed by atoms with Crippen molar-refractivity contribution in [2.75, 3.05) is 6.54 Å². The summed E-state index contributed by atoms with van der Waals surface area (Å²) in [7, 11) is 0. The highest BCUT2D eigenvalue weighted by atomic mass is 14.9. The van der Waals surface area contributed by atoms with Gasteiger partial charge in [0.1, 0.15) is 0 Å². The second kappa shape index (κ2) is 4.97. The zero-order valence-corrected chi connectivity index (χ0v) is 9.30. The van der Waals surface area contributed by atoms with Gasteiger partial charge in [-0.3, -0.25) is 0 Å². The maximum Gasteiger partial charge on any atom is 0.0530 e. The van der Waals surface area contributed by atoms with Gasteiger partial charge in [0.2, 0.25) is 0 Å². The number of nitrogens with one attached hydrogen (secondary N) is 1. The van der Waals surface area contributed by atoms with E-state index in [-0.39, 0.29) is 0 Å². The quantitative estimate of drug-likeness (QED) is 0.717. The molecule has 0 amide bonds. The Morgan fingerprint density at radius 3 is 2.71 bits per heavy atom. The van der Waals surface area contributed by atoms with E-state index in [1.54, 1.807) is 0 Å². The van der Waals surface area contributed by atoms with Crippen LogP contribution in [0.5, 0.6) is 0 Å². The van der Waals surface area contributed by atoms with E-state index in [4.69, 9.17) is 0 Å². The molecule has 0 bridgehead atoms. The minimum atomic E-state index is 0.292. The third-order valence-electron chi connectivity index (χ3n) is 2.28. The average Bonchev–Trinajstić information content (AvgIpc) is 2.13. The van der Waals surface area contributed by atoms with Crippen LogP contribution in [0.25, 0.3) is 0 Å². The zero-order valence-electron chi connectivity index (χ0n) is 9.30. The van der Waals surface area contributed by atoms with E-state index in [0.717, 1.165) is 12.1 Å². The van der Waals surface area contributed by atoms with Gasteiger partial charge in [0.25, 0.3) is 0 Å². The van der Waals surface area contributed by atoms with E-state index in [1.165, 1.54) is 11.1 Å². The molecule has 0 spiro atoms. The summed E-state index contributed by atoms with van der Waals surface area (Å²) < 4.78 is 0. The molecule has 76 valence electrons. The van der Waals surface area contributed by atoms with Crippen molar-refractivity contribution in [2.45, 2.75) is 26.8 Å². The largest absolute Gasteiger partial charge is 0.307 e. The number of hydrogen-bond donors (Lipinski definition) is 1. The summed E-state index contributed by atoms with van der Waals surface area (Å²) in [5.41, 5.74) is 3.77. The first-order valence-electron chi connectivity index (χ1n) is 5.10. The molecule has 0 aliphatic rings. The topological polar surface area (TPSA) is 12.0 Å². The Balaban J connectivity index is 2.93. The molecule has 0 saturated carbocycles. The first kappa shape index (κ1) is 11.0. The van der Waals surface area contributed by atoms with Crippen LogP contribution in [0, 0.1) is 6.92 Å². The van der Waals surface area contributed by atoms with Gasteiger partial charge in [-0.1, -0.05) is 48.9 Å². The molecule has 1 aromatic carbocycles. The Labute approximate surface area is 86.8 Å². The summed E-state index contributed by atoms with van der Waals surface area (Å²) in [5.74, 6) is 0. The van der Waals surface area contributed by atoms with Gasteiger partial charge in [0.15, 0.2) is 0 Å². The highest BCUT2D eigenvalue weighted by Gasteiger charge is 2.09. The van der Waals surface area contributed by atoms with Crippen molar-refractivity contribution in [3.63, 3.8) is 0 Å². The molecule has 1 heteroatoms. The molecule has 1 unspecified atom stereocenters. The lowest BCUT2D eigenvalue weighted by Gasteiger charge is -2.18. The van der Waals surface area contributed by atoms with Crippen LogP contribution in [-0.2, 0) is 0 Å². The van der Waals surface area contributed by atoms with Gasteiger partial charge in [-0.05, 0) is 26.0 Å². The van der Waals surface area contributed by atoms with Crippen LogP contribution < -0.4 is 5.32 Å². The van der Waals surface area contributed by atoms with Crippen molar-refractivity contribution in [1.29, 1.82) is 0 Å². The first-order chi connectivity index (χ1) is 6.65. The third-order valence-corrected chi connectivity index (χ3v) is 2.28. The minimum absolute atomic E-state index is 0.292. The van der Waals surface area contributed by atoms with Crippen LogP contribution in [0.4, 0.5) is 0 Å². The lowest BCUT2D eigenvalue weighted by atomic mass is 9.99. The van der Waals surface area contributed by atoms with Gasteiger partial charge in [-0.25, -0.2) is 0 Å². The molecule has 1 aromatic rings. The lowest BCUT2D eigenvalue weighted by molar-refractivity contribution is 0.621. The van der Waals surface area contributed by atoms with Gasteiger partial charge in [-0.2, -0.15) is 0 Å². The van der Waals surface area contributed by atoms with E-state index < -0.39 is 0 Å². The second-order valence-electron chi connectivity index (χ2n) is 3.75. The Kier molecular flexibility index (Phi) is 3.90. The van der Waals surface area contributed by atoms with Crippen LogP contribution in [0.3, 0.4) is 0 Å². The molecule has 0 aromatic heterocycles. The average molecular weight is 189 g/mol. The summed E-state index contributed by atoms with van der Waals surface area (Å²) in [6.07, 6.45) is 0. The van der Waals surface area contributed by atoms with Gasteiger partial charge < -0.3 is 5.32 Å². The van der Waals surface area contributed by atoms with Gasteiger partial charge in [0.05, 0.1) is 6.04 Å². The standard InChI is InChI=1S/C13H19N/c1-5-14-13(10(2)3)12-8-6-7-11(4)9-12/h6-9,13-14H,2,5H2,1,3-4H3. The molecule has 0 fully saturated rings. The minimum Gasteiger partial charge on any atom is -0.307 e. The fraction of sp³-hybridized carbons (Fsp3) is 0.385. The molecule has 14 heavy (non-hydrogen) atoms. The smallest absolute Gasteiger partial charge is 0.0530 e. The monoisotopic (exact) mass is 189 g/mol. The molecule has 0 aliphatic carbocycles. The zero-order chi connectivity index (χ0) is 10.6. The summed E-state index contributed by atoms with van der Waals surface area (Å²) in [6.45, 7) is 11.3. The maximum atomic E-state index is 4.02. The predicted octanol–water partition coefficient (Wildman–Crippen LogP) is 3.22. The fourth-order valence-corrected chi connectivity index (χ4v) is 1.63. The second-order valence-corrected chi connectivity index (χ2v) is 3.75. The van der Waals surface area contributed by atoms with E-state index >= 15 is 0 Å². The van der Waals surface area contributed by atoms with Gasteiger partial charge in [-0.15, -0.1) is 0 Å². The van der Waals surface area contributed by atoms with Crippen molar-refractivity contribution in [1.82, 2.24) is 5.32 Å². The molecule has 0 saturated heterocycles. The molecule has 1 rings (SSSR count). The molecular weight excluding hydrogens is 170 g/mol. The van der Waals surface area contributed by atoms with Gasteiger partial charge >= 0.3 is 0 Å². The number of rotatable bonds is 4. The van der Waals surface area contributed by atoms with Gasteiger partial charge in [0, 0.05) is 0 Å². The van der Waals surface area contributed by atoms with E-state index in [9.17, 15) is 0 Å². The van der Waals surface area contributed by atoms with E-state index in [1.807, 2.05) is 0 Å². The number of benzene rings is 1. The lowest BCUT2D eigenvalue weighted by Crippen LogP contribution is -2.21. The van der Waals surface area contributed by atoms with Crippen LogP contribution >= 0.6 is 0 Å². The Morgan fingerprint density at radius 1 is 1.50 bits per heavy atom. The fourth-order valence-electron chi connectivity index (χ4n) is 1.63. The van der Waals surface area contributed by atoms with Crippen molar-refractivity contribution < 1.29 is 0 Å². The molecular formula is C13H19N. The normalized spacial score (nSPS) is 12.5. The summed E-state index contributed by atoms with van der Waals surface area (Å²) in [6, 6.07) is 8.86. The van der Waals surface area contributed by atoms with E-state index in [2.05, 4.69) is 56.9 Å². The number of hydrogen-bond acceptors (Lipinski definition) is 1. The molecule has 0 radical (unpaired) electrons. The van der Waals surface area contributed by atoms with E-state index in [0.29, 0.717) is 6.04 Å². The SMILES string of the molecule is C=C(C)C(NCC)c1cccc(C)c1. The Morgan fingerprint density at radius 2 is 2.21 bits per heavy atom. The van der Waals surface area contributed by atoms with Crippen molar-refractivity contribution in [2.24, 2.45) is 0 Å². The maximum absolute atomic E-state index is 4.02. The molecule has 1 nitrogen and oxygen atoms in total. The van der Waals surface area contributed by atoms with Crippen molar-refractivity contribution >= 4 is 0 Å². The third kappa shape index (κ3) is 2.71. The molecule has 1 N–H and O–H groups in total. The van der Waals surface area contributed by atoms with Crippen molar-refractivity contribution in [3.05, 3.63) is 47.5 Å². The molecule has 0 heterocycles.